The first-order chi connectivity index (χ1) is 22.6. The van der Waals surface area contributed by atoms with Gasteiger partial charge in [0.2, 0.25) is 0 Å². The maximum Gasteiger partial charge on any atom is 0.336 e. The quantitative estimate of drug-likeness (QED) is 0.203. The van der Waals surface area contributed by atoms with E-state index in [1.54, 1.807) is 0 Å². The van der Waals surface area contributed by atoms with Gasteiger partial charge in [0.05, 0.1) is 0 Å². The summed E-state index contributed by atoms with van der Waals surface area (Å²) >= 11 is 2.59. The van der Waals surface area contributed by atoms with E-state index in [4.69, 9.17) is 0 Å². The largest absolute Gasteiger partial charge is 0.336 e. The molecule has 0 amide bonds. The van der Waals surface area contributed by atoms with Crippen LogP contribution in [0.5, 0.6) is 0 Å². The Morgan fingerprint density at radius 1 is 0.471 bits per heavy atom. The first-order valence-electron chi connectivity index (χ1n) is 20.2. The topological polar surface area (TPSA) is 66.0 Å². The normalized spacial score (nSPS) is 34.4. The zero-order valence-corrected chi connectivity index (χ0v) is 38.3. The summed E-state index contributed by atoms with van der Waals surface area (Å²) in [6.07, 6.45) is 9.09. The van der Waals surface area contributed by atoms with Crippen LogP contribution in [-0.2, 0) is 19.6 Å². The van der Waals surface area contributed by atoms with Gasteiger partial charge < -0.3 is 0 Å². The molecular weight excluding hydrogens is 745 g/mol. The standard InChI is InChI=1S/C44H78IN3O3/c1-36(2,3)30-18-38(7,8)24-42(15,21-30)27-46-33(49)47(28-43(16)22-31(37(4,5)6)19-39(9,10)25-43)35(51)48(34(46)50)29-44(17)23-32(41(13,14)45)20-40(11,12)26-44/h30-32H,18-29H2,1-17H3. The summed E-state index contributed by atoms with van der Waals surface area (Å²) < 4.78 is 4.63. The fourth-order valence-corrected chi connectivity index (χ4v) is 12.6. The van der Waals surface area contributed by atoms with Gasteiger partial charge in [0.15, 0.2) is 0 Å². The second-order valence-corrected chi connectivity index (χ2v) is 27.5. The van der Waals surface area contributed by atoms with E-state index < -0.39 is 17.1 Å². The van der Waals surface area contributed by atoms with E-state index in [1.807, 2.05) is 0 Å². The van der Waals surface area contributed by atoms with Crippen LogP contribution >= 0.6 is 22.6 Å². The maximum atomic E-state index is 14.8. The van der Waals surface area contributed by atoms with Gasteiger partial charge in [-0.3, -0.25) is 0 Å². The zero-order chi connectivity index (χ0) is 39.2. The Bertz CT molecular complexity index is 1400. The Balaban J connectivity index is 1.90. The van der Waals surface area contributed by atoms with Crippen LogP contribution in [0.2, 0.25) is 0 Å². The van der Waals surface area contributed by atoms with Crippen molar-refractivity contribution in [2.75, 3.05) is 0 Å². The molecule has 3 saturated carbocycles. The number of halogens is 1. The first-order valence-corrected chi connectivity index (χ1v) is 21.3. The van der Waals surface area contributed by atoms with Gasteiger partial charge in [-0.2, -0.15) is 0 Å². The predicted molar refractivity (Wildman–Crippen MR) is 224 cm³/mol. The molecule has 0 saturated heterocycles. The van der Waals surface area contributed by atoms with Crippen LogP contribution in [0.1, 0.15) is 175 Å². The molecule has 3 aliphatic rings. The minimum Gasteiger partial charge on any atom is -0.247 e. The molecule has 3 fully saturated rings. The number of hydrogen-bond acceptors (Lipinski definition) is 3. The summed E-state index contributed by atoms with van der Waals surface area (Å²) in [7, 11) is 0. The van der Waals surface area contributed by atoms with Crippen LogP contribution in [0.25, 0.3) is 0 Å². The van der Waals surface area contributed by atoms with Gasteiger partial charge in [0.25, 0.3) is 0 Å². The smallest absolute Gasteiger partial charge is 0.247 e. The highest BCUT2D eigenvalue weighted by molar-refractivity contribution is 14.1. The highest BCUT2D eigenvalue weighted by Crippen LogP contribution is 2.56. The molecular formula is C44H78IN3O3. The van der Waals surface area contributed by atoms with E-state index in [9.17, 15) is 14.4 Å². The van der Waals surface area contributed by atoms with Crippen LogP contribution in [0.4, 0.5) is 0 Å². The van der Waals surface area contributed by atoms with Crippen molar-refractivity contribution in [2.45, 2.75) is 199 Å². The summed E-state index contributed by atoms with van der Waals surface area (Å²) in [6, 6.07) is 0. The van der Waals surface area contributed by atoms with Crippen molar-refractivity contribution >= 4 is 22.6 Å². The predicted octanol–water partition coefficient (Wildman–Crippen LogP) is 11.0. The second-order valence-electron chi connectivity index (χ2n) is 24.7. The van der Waals surface area contributed by atoms with Gasteiger partial charge in [-0.1, -0.05) is 140 Å². The number of nitrogens with zero attached hydrogens (tertiary/aromatic N) is 3. The van der Waals surface area contributed by atoms with Crippen LogP contribution in [-0.4, -0.2) is 17.1 Å². The van der Waals surface area contributed by atoms with E-state index in [2.05, 4.69) is 140 Å². The average Bonchev–Trinajstić information content (AvgIpc) is 2.87. The second kappa shape index (κ2) is 13.4. The fraction of sp³-hybridized carbons (Fsp3) is 0.932. The lowest BCUT2D eigenvalue weighted by Crippen LogP contribution is -2.59. The molecule has 0 aliphatic heterocycles. The third kappa shape index (κ3) is 10.1. The van der Waals surface area contributed by atoms with Crippen LogP contribution in [0.15, 0.2) is 14.4 Å². The Morgan fingerprint density at radius 2 is 0.706 bits per heavy atom. The third-order valence-corrected chi connectivity index (χ3v) is 14.6. The Hall–Kier alpha value is -0.860. The van der Waals surface area contributed by atoms with E-state index >= 15 is 0 Å². The minimum absolute atomic E-state index is 0.0867. The van der Waals surface area contributed by atoms with Crippen LogP contribution in [0, 0.1) is 61.1 Å². The molecule has 1 heterocycles. The monoisotopic (exact) mass is 824 g/mol. The summed E-state index contributed by atoms with van der Waals surface area (Å²) in [6.45, 7) is 40.6. The van der Waals surface area contributed by atoms with Crippen molar-refractivity contribution in [3.8, 4) is 0 Å². The summed E-state index contributed by atoms with van der Waals surface area (Å²) in [5.41, 5.74) is -1.45. The Morgan fingerprint density at radius 3 is 0.941 bits per heavy atom. The van der Waals surface area contributed by atoms with Gasteiger partial charge in [0.1, 0.15) is 0 Å². The van der Waals surface area contributed by atoms with E-state index in [0.29, 0.717) is 37.4 Å². The maximum absolute atomic E-state index is 14.8. The molecule has 4 rings (SSSR count). The first kappa shape index (κ1) is 42.9. The van der Waals surface area contributed by atoms with E-state index in [1.165, 1.54) is 13.7 Å². The molecule has 3 aliphatic carbocycles. The molecule has 294 valence electrons. The van der Waals surface area contributed by atoms with E-state index in [0.717, 1.165) is 57.8 Å². The van der Waals surface area contributed by atoms with Gasteiger partial charge in [-0.05, 0) is 119 Å². The van der Waals surface area contributed by atoms with Crippen molar-refractivity contribution in [3.63, 3.8) is 0 Å². The lowest BCUT2D eigenvalue weighted by molar-refractivity contribution is -0.0100. The minimum atomic E-state index is -0.408. The molecule has 1 aromatic heterocycles. The number of rotatable bonds is 7. The van der Waals surface area contributed by atoms with Crippen molar-refractivity contribution in [1.82, 2.24) is 13.7 Å². The molecule has 0 radical (unpaired) electrons. The fourth-order valence-electron chi connectivity index (χ4n) is 12.2. The third-order valence-electron chi connectivity index (χ3n) is 13.8. The lowest BCUT2D eigenvalue weighted by atomic mass is 9.56. The molecule has 0 aromatic carbocycles. The molecule has 6 unspecified atom stereocenters. The number of alkyl halides is 1. The lowest BCUT2D eigenvalue weighted by Gasteiger charge is -2.51. The summed E-state index contributed by atoms with van der Waals surface area (Å²) in [5, 5.41) is 0. The highest BCUT2D eigenvalue weighted by Gasteiger charge is 2.49. The number of hydrogen-bond donors (Lipinski definition) is 0. The van der Waals surface area contributed by atoms with Crippen molar-refractivity contribution in [1.29, 1.82) is 0 Å². The molecule has 1 aromatic rings. The average molecular weight is 824 g/mol. The molecule has 0 N–H and O–H groups in total. The number of aromatic nitrogens is 3. The summed E-state index contributed by atoms with van der Waals surface area (Å²) in [5.74, 6) is 1.42. The Kier molecular flexibility index (Phi) is 11.3. The molecule has 0 bridgehead atoms. The molecule has 6 atom stereocenters. The summed E-state index contributed by atoms with van der Waals surface area (Å²) in [4.78, 5) is 44.5. The Labute approximate surface area is 325 Å². The molecule has 6 nitrogen and oxygen atoms in total. The van der Waals surface area contributed by atoms with Gasteiger partial charge in [0, 0.05) is 23.1 Å². The molecule has 0 spiro atoms. The van der Waals surface area contributed by atoms with Gasteiger partial charge in [-0.15, -0.1) is 0 Å². The van der Waals surface area contributed by atoms with Crippen molar-refractivity contribution < 1.29 is 0 Å². The van der Waals surface area contributed by atoms with Gasteiger partial charge in [-0.25, -0.2) is 28.1 Å². The molecule has 51 heavy (non-hydrogen) atoms. The van der Waals surface area contributed by atoms with Crippen LogP contribution in [0.3, 0.4) is 0 Å². The highest BCUT2D eigenvalue weighted by atomic mass is 127. The van der Waals surface area contributed by atoms with Crippen molar-refractivity contribution in [2.24, 2.45) is 61.1 Å². The SMILES string of the molecule is CC1(C)CC(C(C)(C)C)CC(C)(Cn2c(=O)n(CC3(C)CC(C(C)(C)C)CC(C)(C)C3)c(=O)n(CC3(C)CC(C(C)(C)I)CC(C)(C)C3)c2=O)C1. The van der Waals surface area contributed by atoms with Gasteiger partial charge >= 0.3 is 17.1 Å². The van der Waals surface area contributed by atoms with Crippen LogP contribution < -0.4 is 17.1 Å². The molecule has 7 heteroatoms. The van der Waals surface area contributed by atoms with E-state index in [-0.39, 0.29) is 46.7 Å². The zero-order valence-electron chi connectivity index (χ0n) is 36.2. The van der Waals surface area contributed by atoms with Crippen molar-refractivity contribution in [3.05, 3.63) is 31.5 Å².